The summed E-state index contributed by atoms with van der Waals surface area (Å²) in [7, 11) is 0. The molecule has 2 heterocycles. The van der Waals surface area contributed by atoms with Crippen LogP contribution in [0.25, 0.3) is 27.8 Å². The van der Waals surface area contributed by atoms with Crippen LogP contribution in [-0.4, -0.2) is 14.5 Å². The fourth-order valence-corrected chi connectivity index (χ4v) is 3.71. The fourth-order valence-electron chi connectivity index (χ4n) is 3.45. The van der Waals surface area contributed by atoms with Crippen LogP contribution in [0.4, 0.5) is 11.5 Å². The molecule has 1 N–H and O–H groups in total. The SMILES string of the molecule is Brc1ccc(-n2cc(-c3ccccc3)c3c(Nc4ccccc4)ncnc32)cc1. The van der Waals surface area contributed by atoms with E-state index < -0.39 is 0 Å². The molecule has 5 aromatic rings. The average Bonchev–Trinajstić information content (AvgIpc) is 3.16. The molecule has 0 radical (unpaired) electrons. The van der Waals surface area contributed by atoms with Crippen molar-refractivity contribution in [3.8, 4) is 16.8 Å². The molecule has 0 bridgehead atoms. The number of para-hydroxylation sites is 1. The van der Waals surface area contributed by atoms with Gasteiger partial charge < -0.3 is 9.88 Å². The predicted molar refractivity (Wildman–Crippen MR) is 122 cm³/mol. The second-order valence-electron chi connectivity index (χ2n) is 6.67. The van der Waals surface area contributed by atoms with Crippen molar-refractivity contribution in [1.29, 1.82) is 0 Å². The Balaban J connectivity index is 1.76. The molecule has 0 aliphatic rings. The van der Waals surface area contributed by atoms with Gasteiger partial charge in [-0.1, -0.05) is 64.5 Å². The molecule has 0 saturated heterocycles. The Bertz CT molecular complexity index is 1260. The Morgan fingerprint density at radius 2 is 1.45 bits per heavy atom. The first kappa shape index (κ1) is 17.6. The van der Waals surface area contributed by atoms with Gasteiger partial charge in [0.2, 0.25) is 0 Å². The van der Waals surface area contributed by atoms with Crippen molar-refractivity contribution < 1.29 is 0 Å². The zero-order chi connectivity index (χ0) is 19.6. The maximum atomic E-state index is 4.63. The van der Waals surface area contributed by atoms with Gasteiger partial charge in [-0.05, 0) is 42.0 Å². The molecule has 2 aromatic heterocycles. The van der Waals surface area contributed by atoms with E-state index in [1.165, 1.54) is 0 Å². The van der Waals surface area contributed by atoms with Gasteiger partial charge in [-0.15, -0.1) is 0 Å². The number of fused-ring (bicyclic) bond motifs is 1. The van der Waals surface area contributed by atoms with E-state index in [0.717, 1.165) is 43.8 Å². The van der Waals surface area contributed by atoms with E-state index in [1.807, 2.05) is 60.7 Å². The van der Waals surface area contributed by atoms with Gasteiger partial charge in [0.15, 0.2) is 5.65 Å². The van der Waals surface area contributed by atoms with Crippen molar-refractivity contribution in [1.82, 2.24) is 14.5 Å². The van der Waals surface area contributed by atoms with E-state index in [0.29, 0.717) is 0 Å². The number of hydrogen-bond acceptors (Lipinski definition) is 3. The largest absolute Gasteiger partial charge is 0.340 e. The van der Waals surface area contributed by atoms with Crippen molar-refractivity contribution in [3.63, 3.8) is 0 Å². The highest BCUT2D eigenvalue weighted by Gasteiger charge is 2.17. The molecule has 140 valence electrons. The number of nitrogens with zero attached hydrogens (tertiary/aromatic N) is 3. The molecule has 29 heavy (non-hydrogen) atoms. The van der Waals surface area contributed by atoms with Crippen LogP contribution in [0.1, 0.15) is 0 Å². The summed E-state index contributed by atoms with van der Waals surface area (Å²) in [6.07, 6.45) is 3.74. The van der Waals surface area contributed by atoms with E-state index in [4.69, 9.17) is 0 Å². The lowest BCUT2D eigenvalue weighted by atomic mass is 10.1. The van der Waals surface area contributed by atoms with Gasteiger partial charge in [-0.3, -0.25) is 0 Å². The van der Waals surface area contributed by atoms with Crippen LogP contribution >= 0.6 is 15.9 Å². The van der Waals surface area contributed by atoms with Crippen molar-refractivity contribution in [3.05, 3.63) is 102 Å². The molecule has 3 aromatic carbocycles. The summed E-state index contributed by atoms with van der Waals surface area (Å²) in [6.45, 7) is 0. The molecule has 0 fully saturated rings. The average molecular weight is 441 g/mol. The number of anilines is 2. The number of aromatic nitrogens is 3. The predicted octanol–water partition coefficient (Wildman–Crippen LogP) is 6.59. The Morgan fingerprint density at radius 3 is 2.17 bits per heavy atom. The normalized spacial score (nSPS) is 10.9. The van der Waals surface area contributed by atoms with Crippen LogP contribution < -0.4 is 5.32 Å². The molecule has 5 heteroatoms. The molecule has 4 nitrogen and oxygen atoms in total. The van der Waals surface area contributed by atoms with Crippen LogP contribution in [0.2, 0.25) is 0 Å². The van der Waals surface area contributed by atoms with Gasteiger partial charge in [0.1, 0.15) is 12.1 Å². The summed E-state index contributed by atoms with van der Waals surface area (Å²) >= 11 is 3.51. The van der Waals surface area contributed by atoms with Crippen molar-refractivity contribution in [2.75, 3.05) is 5.32 Å². The van der Waals surface area contributed by atoms with Gasteiger partial charge in [0, 0.05) is 27.6 Å². The molecule has 0 saturated carbocycles. The Morgan fingerprint density at radius 1 is 0.759 bits per heavy atom. The molecule has 0 unspecified atom stereocenters. The standard InChI is InChI=1S/C24H17BrN4/c25-18-11-13-20(14-12-18)29-15-21(17-7-3-1-4-8-17)22-23(26-16-27-24(22)29)28-19-9-5-2-6-10-19/h1-16H,(H,26,27,28). The molecule has 0 aliphatic heterocycles. The lowest BCUT2D eigenvalue weighted by Crippen LogP contribution is -1.98. The summed E-state index contributed by atoms with van der Waals surface area (Å²) in [5, 5.41) is 4.45. The smallest absolute Gasteiger partial charge is 0.150 e. The molecule has 0 atom stereocenters. The van der Waals surface area contributed by atoms with Gasteiger partial charge in [0.05, 0.1) is 5.39 Å². The van der Waals surface area contributed by atoms with E-state index in [-0.39, 0.29) is 0 Å². The van der Waals surface area contributed by atoms with Crippen LogP contribution in [0.3, 0.4) is 0 Å². The Hall–Kier alpha value is -3.44. The van der Waals surface area contributed by atoms with Crippen LogP contribution in [0.15, 0.2) is 102 Å². The fraction of sp³-hybridized carbons (Fsp3) is 0. The second-order valence-corrected chi connectivity index (χ2v) is 7.58. The van der Waals surface area contributed by atoms with E-state index >= 15 is 0 Å². The molecule has 0 spiro atoms. The quantitative estimate of drug-likeness (QED) is 0.342. The van der Waals surface area contributed by atoms with Crippen LogP contribution in [0, 0.1) is 0 Å². The van der Waals surface area contributed by atoms with Gasteiger partial charge >= 0.3 is 0 Å². The number of hydrogen-bond donors (Lipinski definition) is 1. The molecular formula is C24H17BrN4. The summed E-state index contributed by atoms with van der Waals surface area (Å²) in [5.74, 6) is 0.788. The molecular weight excluding hydrogens is 424 g/mol. The lowest BCUT2D eigenvalue weighted by molar-refractivity contribution is 1.08. The molecule has 5 rings (SSSR count). The number of halogens is 1. The number of benzene rings is 3. The van der Waals surface area contributed by atoms with Crippen LogP contribution in [-0.2, 0) is 0 Å². The summed E-state index contributed by atoms with van der Waals surface area (Å²) < 4.78 is 3.16. The Kier molecular flexibility index (Phi) is 4.58. The highest BCUT2D eigenvalue weighted by Crippen LogP contribution is 2.36. The third-order valence-electron chi connectivity index (χ3n) is 4.81. The van der Waals surface area contributed by atoms with Crippen LogP contribution in [0.5, 0.6) is 0 Å². The summed E-state index contributed by atoms with van der Waals surface area (Å²) in [6, 6.07) is 28.6. The van der Waals surface area contributed by atoms with Gasteiger partial charge in [-0.25, -0.2) is 9.97 Å². The van der Waals surface area contributed by atoms with E-state index in [1.54, 1.807) is 6.33 Å². The number of rotatable bonds is 4. The van der Waals surface area contributed by atoms with Gasteiger partial charge in [-0.2, -0.15) is 0 Å². The molecule has 0 amide bonds. The topological polar surface area (TPSA) is 42.7 Å². The van der Waals surface area contributed by atoms with E-state index in [2.05, 4.69) is 66.2 Å². The highest BCUT2D eigenvalue weighted by atomic mass is 79.9. The second kappa shape index (κ2) is 7.53. The van der Waals surface area contributed by atoms with Crippen molar-refractivity contribution >= 4 is 38.5 Å². The maximum Gasteiger partial charge on any atom is 0.150 e. The van der Waals surface area contributed by atoms with Crippen molar-refractivity contribution in [2.24, 2.45) is 0 Å². The highest BCUT2D eigenvalue weighted by molar-refractivity contribution is 9.10. The third kappa shape index (κ3) is 3.41. The first-order valence-corrected chi connectivity index (χ1v) is 10.1. The minimum absolute atomic E-state index is 0.788. The monoisotopic (exact) mass is 440 g/mol. The first-order valence-electron chi connectivity index (χ1n) is 9.29. The lowest BCUT2D eigenvalue weighted by Gasteiger charge is -2.09. The van der Waals surface area contributed by atoms with Crippen molar-refractivity contribution in [2.45, 2.75) is 0 Å². The summed E-state index contributed by atoms with van der Waals surface area (Å²) in [5.41, 5.74) is 5.11. The molecule has 0 aliphatic carbocycles. The minimum atomic E-state index is 0.788. The van der Waals surface area contributed by atoms with Gasteiger partial charge in [0.25, 0.3) is 0 Å². The third-order valence-corrected chi connectivity index (χ3v) is 5.34. The minimum Gasteiger partial charge on any atom is -0.340 e. The van der Waals surface area contributed by atoms with E-state index in [9.17, 15) is 0 Å². The zero-order valence-corrected chi connectivity index (χ0v) is 17.0. The number of nitrogens with one attached hydrogen (secondary N) is 1. The summed E-state index contributed by atoms with van der Waals surface area (Å²) in [4.78, 5) is 9.19. The maximum absolute atomic E-state index is 4.63. The zero-order valence-electron chi connectivity index (χ0n) is 15.5. The first-order chi connectivity index (χ1) is 14.3. The Labute approximate surface area is 177 Å².